The van der Waals surface area contributed by atoms with Gasteiger partial charge >= 0.3 is 11.8 Å². The highest BCUT2D eigenvalue weighted by molar-refractivity contribution is 5.76. The van der Waals surface area contributed by atoms with E-state index in [1.807, 2.05) is 51.9 Å². The van der Waals surface area contributed by atoms with E-state index in [-0.39, 0.29) is 36.5 Å². The highest BCUT2D eigenvalue weighted by Crippen LogP contribution is 2.33. The zero-order valence-electron chi connectivity index (χ0n) is 26.8. The molecule has 0 unspecified atom stereocenters. The van der Waals surface area contributed by atoms with Crippen LogP contribution in [0, 0.1) is 5.92 Å². The zero-order chi connectivity index (χ0) is 31.0. The average molecular weight is 614 g/mol. The average Bonchev–Trinajstić information content (AvgIpc) is 3.63. The van der Waals surface area contributed by atoms with E-state index in [9.17, 15) is 9.59 Å². The van der Waals surface area contributed by atoms with Crippen LogP contribution < -0.4 is 11.4 Å². The molecule has 1 amide bonds. The quantitative estimate of drug-likeness (QED) is 0.279. The van der Waals surface area contributed by atoms with Gasteiger partial charge in [-0.1, -0.05) is 86.7 Å². The molecule has 3 aromatic rings. The second-order valence-electron chi connectivity index (χ2n) is 13.4. The highest BCUT2D eigenvalue weighted by atomic mass is 16.6. The molecule has 1 aliphatic carbocycles. The molecule has 45 heavy (non-hydrogen) atoms. The molecule has 2 saturated heterocycles. The molecule has 1 saturated carbocycles. The normalized spacial score (nSPS) is 23.8. The first kappa shape index (κ1) is 31.6. The van der Waals surface area contributed by atoms with E-state index in [0.29, 0.717) is 19.6 Å². The molecule has 0 radical (unpaired) electrons. The van der Waals surface area contributed by atoms with Gasteiger partial charge in [-0.25, -0.2) is 9.59 Å². The summed E-state index contributed by atoms with van der Waals surface area (Å²) in [5.74, 6) is 0.758. The Kier molecular flexibility index (Phi) is 10.7. The van der Waals surface area contributed by atoms with Gasteiger partial charge in [-0.2, -0.15) is 0 Å². The van der Waals surface area contributed by atoms with Crippen LogP contribution in [-0.4, -0.2) is 63.3 Å². The molecule has 2 aliphatic heterocycles. The molecule has 1 aromatic heterocycles. The van der Waals surface area contributed by atoms with Crippen molar-refractivity contribution in [3.8, 4) is 0 Å². The number of para-hydroxylation sites is 2. The Morgan fingerprint density at radius 3 is 2.36 bits per heavy atom. The Bertz CT molecular complexity index is 1470. The minimum absolute atomic E-state index is 0.0284. The van der Waals surface area contributed by atoms with Gasteiger partial charge in [-0.3, -0.25) is 14.0 Å². The van der Waals surface area contributed by atoms with Gasteiger partial charge in [0.1, 0.15) is 6.61 Å². The van der Waals surface area contributed by atoms with E-state index in [1.54, 1.807) is 0 Å². The third-order valence-electron chi connectivity index (χ3n) is 10.4. The van der Waals surface area contributed by atoms with Gasteiger partial charge in [0.15, 0.2) is 0 Å². The second kappa shape index (κ2) is 15.3. The first-order chi connectivity index (χ1) is 22.1. The fraction of sp³-hybridized carbons (Fsp3) is 0.568. The third-order valence-corrected chi connectivity index (χ3v) is 10.4. The molecule has 6 rings (SSSR count). The number of hydrogen-bond donors (Lipinski definition) is 1. The number of imidazole rings is 1. The number of amides is 1. The largest absolute Gasteiger partial charge is 0.445 e. The molecule has 0 bridgehead atoms. The maximum Gasteiger partial charge on any atom is 0.410 e. The van der Waals surface area contributed by atoms with Gasteiger partial charge in [0.2, 0.25) is 0 Å². The Labute approximate surface area is 267 Å². The molecule has 8 heteroatoms. The fourth-order valence-electron chi connectivity index (χ4n) is 8.02. The number of hydrogen-bond acceptors (Lipinski definition) is 5. The lowest BCUT2D eigenvalue weighted by molar-refractivity contribution is 0.0893. The second-order valence-corrected chi connectivity index (χ2v) is 13.4. The minimum atomic E-state index is -0.302. The monoisotopic (exact) mass is 613 g/mol. The van der Waals surface area contributed by atoms with Crippen LogP contribution in [0.25, 0.3) is 11.0 Å². The molecular weight excluding hydrogens is 562 g/mol. The molecule has 242 valence electrons. The molecule has 2 N–H and O–H groups in total. The number of rotatable bonds is 9. The summed E-state index contributed by atoms with van der Waals surface area (Å²) in [7, 11) is 0. The van der Waals surface area contributed by atoms with Crippen LogP contribution in [0.2, 0.25) is 0 Å². The van der Waals surface area contributed by atoms with Crippen molar-refractivity contribution in [2.24, 2.45) is 11.7 Å². The Balaban J connectivity index is 1.19. The predicted octanol–water partition coefficient (Wildman–Crippen LogP) is 6.49. The maximum absolute atomic E-state index is 14.3. The summed E-state index contributed by atoms with van der Waals surface area (Å²) in [6.45, 7) is 4.03. The summed E-state index contributed by atoms with van der Waals surface area (Å²) in [5, 5.41) is 0. The Morgan fingerprint density at radius 1 is 0.844 bits per heavy atom. The molecule has 3 fully saturated rings. The van der Waals surface area contributed by atoms with Crippen molar-refractivity contribution < 1.29 is 9.53 Å². The Morgan fingerprint density at radius 2 is 1.58 bits per heavy atom. The summed E-state index contributed by atoms with van der Waals surface area (Å²) in [4.78, 5) is 31.9. The SMILES string of the molecule is NCC=C[C@H]1C[C@H](n2c(=O)n(C[C@@H]3CCCN3C(=O)OCc3ccccc3)c3ccccc32)CCN1CC1CCCCCCC1. The number of nitrogens with two attached hydrogens (primary N) is 1. The summed E-state index contributed by atoms with van der Waals surface area (Å²) in [6.07, 6.45) is 17.2. The lowest BCUT2D eigenvalue weighted by Crippen LogP contribution is -2.46. The van der Waals surface area contributed by atoms with Crippen molar-refractivity contribution in [2.45, 2.75) is 102 Å². The van der Waals surface area contributed by atoms with Crippen LogP contribution in [0.15, 0.2) is 71.5 Å². The number of piperidine rings is 1. The molecule has 3 aliphatic rings. The standard InChI is InChI=1S/C37H51N5O3/c38-22-11-17-31-25-32(21-24-39(31)26-29-13-5-2-1-3-6-14-29)42-35-20-10-9-19-34(35)41(36(42)43)27-33-18-12-23-40(33)37(44)45-28-30-15-7-4-8-16-30/h4,7-11,15-17,19-20,29,31-33H,1-3,5-6,12-14,18,21-28,38H2/t31-,32+,33-/m0/s1. The summed E-state index contributed by atoms with van der Waals surface area (Å²) in [6, 6.07) is 18.3. The maximum atomic E-state index is 14.3. The molecule has 3 heterocycles. The molecular formula is C37H51N5O3. The topological polar surface area (TPSA) is 85.7 Å². The summed E-state index contributed by atoms with van der Waals surface area (Å²) < 4.78 is 9.66. The van der Waals surface area contributed by atoms with E-state index >= 15 is 0 Å². The number of benzene rings is 2. The van der Waals surface area contributed by atoms with Gasteiger partial charge in [0, 0.05) is 44.8 Å². The van der Waals surface area contributed by atoms with Crippen molar-refractivity contribution in [2.75, 3.05) is 26.2 Å². The fourth-order valence-corrected chi connectivity index (χ4v) is 8.02. The lowest BCUT2D eigenvalue weighted by atomic mass is 9.88. The smallest absolute Gasteiger partial charge is 0.410 e. The van der Waals surface area contributed by atoms with E-state index in [0.717, 1.165) is 61.3 Å². The van der Waals surface area contributed by atoms with Crippen LogP contribution in [-0.2, 0) is 17.9 Å². The van der Waals surface area contributed by atoms with Crippen molar-refractivity contribution >= 4 is 17.1 Å². The minimum Gasteiger partial charge on any atom is -0.445 e. The van der Waals surface area contributed by atoms with Crippen molar-refractivity contribution in [1.29, 1.82) is 0 Å². The van der Waals surface area contributed by atoms with E-state index in [4.69, 9.17) is 10.5 Å². The zero-order valence-corrected chi connectivity index (χ0v) is 26.8. The van der Waals surface area contributed by atoms with Crippen molar-refractivity contribution in [1.82, 2.24) is 18.9 Å². The van der Waals surface area contributed by atoms with Crippen molar-refractivity contribution in [3.63, 3.8) is 0 Å². The lowest BCUT2D eigenvalue weighted by Gasteiger charge is -2.40. The van der Waals surface area contributed by atoms with Crippen LogP contribution in [0.3, 0.4) is 0 Å². The number of nitrogens with zero attached hydrogens (tertiary/aromatic N) is 4. The van der Waals surface area contributed by atoms with E-state index in [1.165, 1.54) is 44.9 Å². The van der Waals surface area contributed by atoms with E-state index in [2.05, 4.69) is 33.8 Å². The van der Waals surface area contributed by atoms with Gasteiger partial charge in [-0.05, 0) is 62.1 Å². The molecule has 3 atom stereocenters. The third kappa shape index (κ3) is 7.55. The van der Waals surface area contributed by atoms with Gasteiger partial charge < -0.3 is 15.4 Å². The van der Waals surface area contributed by atoms with Gasteiger partial charge in [0.05, 0.1) is 17.1 Å². The molecule has 8 nitrogen and oxygen atoms in total. The van der Waals surface area contributed by atoms with Gasteiger partial charge in [-0.15, -0.1) is 0 Å². The predicted molar refractivity (Wildman–Crippen MR) is 180 cm³/mol. The number of carbonyl (C=O) groups excluding carboxylic acids is 1. The van der Waals surface area contributed by atoms with Crippen LogP contribution in [0.5, 0.6) is 0 Å². The van der Waals surface area contributed by atoms with Crippen LogP contribution in [0.4, 0.5) is 4.79 Å². The van der Waals surface area contributed by atoms with Crippen LogP contribution >= 0.6 is 0 Å². The number of likely N-dealkylation sites (tertiary alicyclic amines) is 2. The number of aromatic nitrogens is 2. The first-order valence-electron chi connectivity index (χ1n) is 17.4. The summed E-state index contributed by atoms with van der Waals surface area (Å²) in [5.41, 5.74) is 8.84. The van der Waals surface area contributed by atoms with Crippen molar-refractivity contribution in [3.05, 3.63) is 82.8 Å². The molecule has 2 aromatic carbocycles. The molecule has 0 spiro atoms. The van der Waals surface area contributed by atoms with E-state index < -0.39 is 0 Å². The highest BCUT2D eigenvalue weighted by Gasteiger charge is 2.34. The number of carbonyl (C=O) groups is 1. The first-order valence-corrected chi connectivity index (χ1v) is 17.4. The Hall–Kier alpha value is -3.36. The summed E-state index contributed by atoms with van der Waals surface area (Å²) >= 11 is 0. The van der Waals surface area contributed by atoms with Gasteiger partial charge in [0.25, 0.3) is 0 Å². The number of fused-ring (bicyclic) bond motifs is 1. The number of ether oxygens (including phenoxy) is 1. The van der Waals surface area contributed by atoms with Crippen LogP contribution in [0.1, 0.15) is 82.2 Å².